The summed E-state index contributed by atoms with van der Waals surface area (Å²) in [5, 5.41) is 3.70. The van der Waals surface area contributed by atoms with Crippen molar-refractivity contribution in [3.05, 3.63) is 17.5 Å². The quantitative estimate of drug-likeness (QED) is 0.687. The summed E-state index contributed by atoms with van der Waals surface area (Å²) in [4.78, 5) is 0. The number of rotatable bonds is 3. The van der Waals surface area contributed by atoms with Crippen LogP contribution in [-0.2, 0) is 13.5 Å². The Kier molecular flexibility index (Phi) is 2.78. The predicted octanol–water partition coefficient (Wildman–Crippen LogP) is 2.31. The molecule has 0 bridgehead atoms. The molecule has 1 rings (SSSR count). The van der Waals surface area contributed by atoms with E-state index in [9.17, 15) is 8.78 Å². The minimum absolute atomic E-state index is 0.0700. The van der Waals surface area contributed by atoms with Gasteiger partial charge in [0.05, 0.1) is 0 Å². The Balaban J connectivity index is 2.92. The average Bonchev–Trinajstić information content (AvgIpc) is 2.32. The highest BCUT2D eigenvalue weighted by Crippen LogP contribution is 2.21. The first-order chi connectivity index (χ1) is 5.65. The van der Waals surface area contributed by atoms with E-state index in [1.165, 1.54) is 4.68 Å². The van der Waals surface area contributed by atoms with Gasteiger partial charge in [0.15, 0.2) is 0 Å². The highest BCUT2D eigenvalue weighted by atomic mass is 19.3. The summed E-state index contributed by atoms with van der Waals surface area (Å²) >= 11 is 0. The monoisotopic (exact) mass is 174 g/mol. The molecule has 1 heterocycles. The summed E-state index contributed by atoms with van der Waals surface area (Å²) in [5.41, 5.74) is 0.592. The van der Waals surface area contributed by atoms with Gasteiger partial charge < -0.3 is 0 Å². The summed E-state index contributed by atoms with van der Waals surface area (Å²) in [7, 11) is 1.66. The van der Waals surface area contributed by atoms with Gasteiger partial charge in [-0.3, -0.25) is 4.68 Å². The molecule has 0 radical (unpaired) electrons. The molecule has 4 heteroatoms. The van der Waals surface area contributed by atoms with Crippen molar-refractivity contribution in [3.63, 3.8) is 0 Å². The van der Waals surface area contributed by atoms with Crippen molar-refractivity contribution in [2.75, 3.05) is 0 Å². The minimum Gasteiger partial charge on any atom is -0.275 e. The molecule has 0 amide bonds. The van der Waals surface area contributed by atoms with E-state index in [4.69, 9.17) is 0 Å². The van der Waals surface area contributed by atoms with Crippen molar-refractivity contribution in [2.45, 2.75) is 26.2 Å². The number of alkyl halides is 2. The van der Waals surface area contributed by atoms with Crippen LogP contribution < -0.4 is 0 Å². The van der Waals surface area contributed by atoms with Crippen LogP contribution in [0.25, 0.3) is 0 Å². The van der Waals surface area contributed by atoms with E-state index in [0.29, 0.717) is 12.0 Å². The van der Waals surface area contributed by atoms with Crippen LogP contribution >= 0.6 is 0 Å². The van der Waals surface area contributed by atoms with Crippen molar-refractivity contribution in [2.24, 2.45) is 7.05 Å². The Hall–Kier alpha value is -0.930. The largest absolute Gasteiger partial charge is 0.282 e. The van der Waals surface area contributed by atoms with Gasteiger partial charge in [0.25, 0.3) is 6.43 Å². The molecular weight excluding hydrogens is 162 g/mol. The molecule has 0 unspecified atom stereocenters. The Bertz CT molecular complexity index is 256. The van der Waals surface area contributed by atoms with Crippen LogP contribution in [0.15, 0.2) is 6.20 Å². The Morgan fingerprint density at radius 3 is 2.75 bits per heavy atom. The number of aromatic nitrogens is 2. The van der Waals surface area contributed by atoms with E-state index in [2.05, 4.69) is 5.10 Å². The van der Waals surface area contributed by atoms with Crippen molar-refractivity contribution >= 4 is 0 Å². The molecular formula is C8H12F2N2. The van der Waals surface area contributed by atoms with Crippen molar-refractivity contribution in [3.8, 4) is 0 Å². The molecule has 0 saturated heterocycles. The fourth-order valence-corrected chi connectivity index (χ4v) is 1.20. The third kappa shape index (κ3) is 1.81. The SMILES string of the molecule is CCCc1cn(C)nc1C(F)F. The molecule has 12 heavy (non-hydrogen) atoms. The summed E-state index contributed by atoms with van der Waals surface area (Å²) < 4.78 is 26.0. The topological polar surface area (TPSA) is 17.8 Å². The highest BCUT2D eigenvalue weighted by Gasteiger charge is 2.15. The molecule has 0 aliphatic rings. The van der Waals surface area contributed by atoms with Crippen molar-refractivity contribution < 1.29 is 8.78 Å². The molecule has 1 aromatic rings. The molecule has 68 valence electrons. The minimum atomic E-state index is -2.45. The van der Waals surface area contributed by atoms with Crippen LogP contribution in [0.3, 0.4) is 0 Å². The van der Waals surface area contributed by atoms with Crippen molar-refractivity contribution in [1.82, 2.24) is 9.78 Å². The summed E-state index contributed by atoms with van der Waals surface area (Å²) in [6.07, 6.45) is 0.747. The third-order valence-corrected chi connectivity index (χ3v) is 1.66. The van der Waals surface area contributed by atoms with E-state index in [1.807, 2.05) is 6.92 Å². The van der Waals surface area contributed by atoms with Gasteiger partial charge in [-0.05, 0) is 12.0 Å². The van der Waals surface area contributed by atoms with E-state index in [0.717, 1.165) is 6.42 Å². The molecule has 0 aromatic carbocycles. The fourth-order valence-electron chi connectivity index (χ4n) is 1.20. The second-order valence-electron chi connectivity index (χ2n) is 2.76. The van der Waals surface area contributed by atoms with E-state index in [-0.39, 0.29) is 5.69 Å². The molecule has 0 N–H and O–H groups in total. The lowest BCUT2D eigenvalue weighted by atomic mass is 10.1. The van der Waals surface area contributed by atoms with Crippen LogP contribution in [0.1, 0.15) is 31.0 Å². The fraction of sp³-hybridized carbons (Fsp3) is 0.625. The van der Waals surface area contributed by atoms with Crippen LogP contribution in [0.2, 0.25) is 0 Å². The first kappa shape index (κ1) is 9.16. The first-order valence-corrected chi connectivity index (χ1v) is 3.95. The zero-order valence-corrected chi connectivity index (χ0v) is 7.22. The van der Waals surface area contributed by atoms with E-state index < -0.39 is 6.43 Å². The molecule has 2 nitrogen and oxygen atoms in total. The van der Waals surface area contributed by atoms with Gasteiger partial charge in [0.2, 0.25) is 0 Å². The van der Waals surface area contributed by atoms with Crippen LogP contribution in [-0.4, -0.2) is 9.78 Å². The smallest absolute Gasteiger partial charge is 0.275 e. The molecule has 0 atom stereocenters. The maximum Gasteiger partial charge on any atom is 0.282 e. The van der Waals surface area contributed by atoms with Crippen LogP contribution in [0, 0.1) is 0 Å². The molecule has 0 fully saturated rings. The molecule has 0 spiro atoms. The zero-order chi connectivity index (χ0) is 9.14. The first-order valence-electron chi connectivity index (χ1n) is 3.95. The number of aryl methyl sites for hydroxylation is 2. The standard InChI is InChI=1S/C8H12F2N2/c1-3-4-6-5-12(2)11-7(6)8(9)10/h5,8H,3-4H2,1-2H3. The third-order valence-electron chi connectivity index (χ3n) is 1.66. The molecule has 1 aromatic heterocycles. The molecule has 0 aliphatic carbocycles. The van der Waals surface area contributed by atoms with E-state index in [1.54, 1.807) is 13.2 Å². The number of hydrogen-bond acceptors (Lipinski definition) is 1. The van der Waals surface area contributed by atoms with Gasteiger partial charge in [0.1, 0.15) is 5.69 Å². The van der Waals surface area contributed by atoms with Crippen molar-refractivity contribution in [1.29, 1.82) is 0 Å². The lowest BCUT2D eigenvalue weighted by Gasteiger charge is -1.96. The molecule has 0 aliphatic heterocycles. The second kappa shape index (κ2) is 3.65. The van der Waals surface area contributed by atoms with Crippen LogP contribution in [0.5, 0.6) is 0 Å². The number of halogens is 2. The van der Waals surface area contributed by atoms with Gasteiger partial charge in [-0.15, -0.1) is 0 Å². The van der Waals surface area contributed by atoms with Gasteiger partial charge >= 0.3 is 0 Å². The normalized spacial score (nSPS) is 11.1. The van der Waals surface area contributed by atoms with Crippen LogP contribution in [0.4, 0.5) is 8.78 Å². The lowest BCUT2D eigenvalue weighted by Crippen LogP contribution is -1.92. The summed E-state index contributed by atoms with van der Waals surface area (Å²) in [5.74, 6) is 0. The maximum absolute atomic E-state index is 12.3. The lowest BCUT2D eigenvalue weighted by molar-refractivity contribution is 0.144. The van der Waals surface area contributed by atoms with Gasteiger partial charge in [0, 0.05) is 13.2 Å². The summed E-state index contributed by atoms with van der Waals surface area (Å²) in [6.45, 7) is 1.96. The number of nitrogens with zero attached hydrogens (tertiary/aromatic N) is 2. The number of hydrogen-bond donors (Lipinski definition) is 0. The second-order valence-corrected chi connectivity index (χ2v) is 2.76. The molecule has 0 saturated carbocycles. The van der Waals surface area contributed by atoms with E-state index >= 15 is 0 Å². The Morgan fingerprint density at radius 1 is 1.58 bits per heavy atom. The van der Waals surface area contributed by atoms with Gasteiger partial charge in [-0.1, -0.05) is 13.3 Å². The maximum atomic E-state index is 12.3. The highest BCUT2D eigenvalue weighted by molar-refractivity contribution is 5.18. The Morgan fingerprint density at radius 2 is 2.25 bits per heavy atom. The predicted molar refractivity (Wildman–Crippen MR) is 42.2 cm³/mol. The van der Waals surface area contributed by atoms with Gasteiger partial charge in [-0.25, -0.2) is 8.78 Å². The summed E-state index contributed by atoms with van der Waals surface area (Å²) in [6, 6.07) is 0. The Labute approximate surface area is 70.2 Å². The average molecular weight is 174 g/mol. The van der Waals surface area contributed by atoms with Gasteiger partial charge in [-0.2, -0.15) is 5.10 Å². The zero-order valence-electron chi connectivity index (χ0n) is 7.22.